The van der Waals surface area contributed by atoms with Crippen LogP contribution < -0.4 is 10.1 Å². The van der Waals surface area contributed by atoms with Crippen molar-refractivity contribution in [1.29, 1.82) is 0 Å². The molecule has 10 heteroatoms. The molecule has 9 nitrogen and oxygen atoms in total. The number of nitrogens with zero attached hydrogens (tertiary/aromatic N) is 3. The lowest BCUT2D eigenvalue weighted by atomic mass is 10.1. The molecular weight excluding hydrogens is 408 g/mol. The van der Waals surface area contributed by atoms with Gasteiger partial charge in [-0.2, -0.15) is 0 Å². The highest BCUT2D eigenvalue weighted by Crippen LogP contribution is 2.30. The number of benzene rings is 1. The van der Waals surface area contributed by atoms with Crippen LogP contribution in [0.15, 0.2) is 46.2 Å². The third-order valence-corrected chi connectivity index (χ3v) is 5.37. The Morgan fingerprint density at radius 1 is 1.27 bits per heavy atom. The van der Waals surface area contributed by atoms with Gasteiger partial charge in [-0.3, -0.25) is 9.59 Å². The van der Waals surface area contributed by atoms with Crippen LogP contribution in [-0.4, -0.2) is 53.3 Å². The first-order chi connectivity index (χ1) is 14.6. The molecule has 0 spiro atoms. The van der Waals surface area contributed by atoms with Crippen LogP contribution in [0, 0.1) is 0 Å². The Morgan fingerprint density at radius 2 is 2.13 bits per heavy atom. The Kier molecular flexibility index (Phi) is 6.05. The van der Waals surface area contributed by atoms with E-state index in [9.17, 15) is 9.59 Å². The second kappa shape index (κ2) is 9.06. The zero-order valence-corrected chi connectivity index (χ0v) is 17.1. The van der Waals surface area contributed by atoms with Crippen LogP contribution >= 0.6 is 11.3 Å². The van der Waals surface area contributed by atoms with E-state index >= 15 is 0 Å². The third-order valence-electron chi connectivity index (χ3n) is 4.51. The van der Waals surface area contributed by atoms with Gasteiger partial charge < -0.3 is 24.1 Å². The maximum atomic E-state index is 12.9. The van der Waals surface area contributed by atoms with Crippen molar-refractivity contribution in [2.24, 2.45) is 0 Å². The van der Waals surface area contributed by atoms with Crippen LogP contribution in [0.1, 0.15) is 12.3 Å². The Hall–Kier alpha value is -3.24. The van der Waals surface area contributed by atoms with E-state index in [1.807, 2.05) is 17.5 Å². The summed E-state index contributed by atoms with van der Waals surface area (Å²) in [6.45, 7) is 0.765. The van der Waals surface area contributed by atoms with Gasteiger partial charge in [-0.15, -0.1) is 21.5 Å². The van der Waals surface area contributed by atoms with Crippen molar-refractivity contribution in [3.05, 3.63) is 47.7 Å². The fraction of sp³-hybridized carbons (Fsp3) is 0.300. The topological polar surface area (TPSA) is 107 Å². The molecular formula is C20H20N4O5S. The summed E-state index contributed by atoms with van der Waals surface area (Å²) in [5, 5.41) is 12.8. The molecule has 30 heavy (non-hydrogen) atoms. The van der Waals surface area contributed by atoms with Gasteiger partial charge in [-0.1, -0.05) is 18.2 Å². The summed E-state index contributed by atoms with van der Waals surface area (Å²) in [6.07, 6.45) is -1.03. The Balaban J connectivity index is 1.44. The smallest absolute Gasteiger partial charge is 0.266 e. The second-order valence-corrected chi connectivity index (χ2v) is 7.53. The second-order valence-electron chi connectivity index (χ2n) is 6.58. The number of carbonyl (C=O) groups is 2. The van der Waals surface area contributed by atoms with Crippen molar-refractivity contribution in [1.82, 2.24) is 15.1 Å². The molecule has 1 aliphatic rings. The van der Waals surface area contributed by atoms with Gasteiger partial charge in [0.25, 0.3) is 11.8 Å². The van der Waals surface area contributed by atoms with E-state index in [-0.39, 0.29) is 24.8 Å². The van der Waals surface area contributed by atoms with Crippen LogP contribution in [0.25, 0.3) is 10.8 Å². The molecule has 0 fully saturated rings. The summed E-state index contributed by atoms with van der Waals surface area (Å²) in [5.74, 6) is 0.623. The number of hydrogen-bond acceptors (Lipinski definition) is 8. The number of para-hydroxylation sites is 2. The van der Waals surface area contributed by atoms with Crippen LogP contribution in [0.5, 0.6) is 5.75 Å². The predicted molar refractivity (Wildman–Crippen MR) is 109 cm³/mol. The lowest BCUT2D eigenvalue weighted by Crippen LogP contribution is -2.43. The zero-order valence-electron chi connectivity index (χ0n) is 16.2. The van der Waals surface area contributed by atoms with Crippen LogP contribution in [0.4, 0.5) is 5.69 Å². The Bertz CT molecular complexity index is 1020. The van der Waals surface area contributed by atoms with Crippen molar-refractivity contribution in [2.75, 3.05) is 25.6 Å². The van der Waals surface area contributed by atoms with E-state index in [0.29, 0.717) is 36.4 Å². The highest BCUT2D eigenvalue weighted by molar-refractivity contribution is 7.13. The first-order valence-corrected chi connectivity index (χ1v) is 10.2. The minimum atomic E-state index is -0.915. The molecule has 4 rings (SSSR count). The van der Waals surface area contributed by atoms with E-state index in [1.54, 1.807) is 31.4 Å². The third kappa shape index (κ3) is 4.50. The summed E-state index contributed by atoms with van der Waals surface area (Å²) >= 11 is 1.49. The lowest BCUT2D eigenvalue weighted by Gasteiger charge is -2.27. The van der Waals surface area contributed by atoms with Gasteiger partial charge in [0.15, 0.2) is 6.10 Å². The zero-order chi connectivity index (χ0) is 20.9. The number of hydrogen-bond donors (Lipinski definition) is 1. The fourth-order valence-electron chi connectivity index (χ4n) is 2.99. The number of thiophene rings is 1. The van der Waals surface area contributed by atoms with Crippen LogP contribution in [0.3, 0.4) is 0 Å². The first kappa shape index (κ1) is 20.0. The number of methoxy groups -OCH3 is 1. The molecule has 3 aromatic rings. The molecule has 1 N–H and O–H groups in total. The molecule has 3 heterocycles. The van der Waals surface area contributed by atoms with Crippen LogP contribution in [-0.2, 0) is 20.9 Å². The molecule has 156 valence electrons. The van der Waals surface area contributed by atoms with Gasteiger partial charge in [0.2, 0.25) is 11.8 Å². The van der Waals surface area contributed by atoms with E-state index in [0.717, 1.165) is 4.88 Å². The van der Waals surface area contributed by atoms with Gasteiger partial charge in [0.05, 0.1) is 30.1 Å². The highest BCUT2D eigenvalue weighted by Gasteiger charge is 2.31. The maximum Gasteiger partial charge on any atom is 0.266 e. The molecule has 0 bridgehead atoms. The Morgan fingerprint density at radius 3 is 2.93 bits per heavy atom. The quantitative estimate of drug-likeness (QED) is 0.588. The predicted octanol–water partition coefficient (Wildman–Crippen LogP) is 2.56. The summed E-state index contributed by atoms with van der Waals surface area (Å²) in [5.41, 5.74) is 0.592. The molecule has 1 aromatic carbocycles. The maximum absolute atomic E-state index is 12.9. The van der Waals surface area contributed by atoms with Crippen molar-refractivity contribution >= 4 is 28.8 Å². The number of nitrogens with one attached hydrogen (secondary N) is 1. The Labute approximate surface area is 176 Å². The number of ether oxygens (including phenoxy) is 2. The minimum Gasteiger partial charge on any atom is -0.478 e. The summed E-state index contributed by atoms with van der Waals surface area (Å²) in [4.78, 5) is 27.7. The summed E-state index contributed by atoms with van der Waals surface area (Å²) in [6, 6.07) is 10.9. The van der Waals surface area contributed by atoms with E-state index < -0.39 is 6.10 Å². The fourth-order valence-corrected chi connectivity index (χ4v) is 3.63. The molecule has 1 unspecified atom stereocenters. The van der Waals surface area contributed by atoms with Gasteiger partial charge in [-0.05, 0) is 23.6 Å². The number of rotatable bonds is 8. The van der Waals surface area contributed by atoms with Crippen molar-refractivity contribution in [3.8, 4) is 16.5 Å². The molecule has 0 saturated carbocycles. The molecule has 1 aliphatic heterocycles. The van der Waals surface area contributed by atoms with Gasteiger partial charge in [-0.25, -0.2) is 0 Å². The molecule has 1 atom stereocenters. The average Bonchev–Trinajstić information content (AvgIpc) is 3.43. The van der Waals surface area contributed by atoms with Crippen LogP contribution in [0.2, 0.25) is 0 Å². The number of fused-ring (bicyclic) bond motifs is 1. The number of amides is 2. The molecule has 2 aromatic heterocycles. The number of anilines is 1. The van der Waals surface area contributed by atoms with Crippen molar-refractivity contribution in [3.63, 3.8) is 0 Å². The summed E-state index contributed by atoms with van der Waals surface area (Å²) < 4.78 is 16.5. The molecule has 0 saturated heterocycles. The van der Waals surface area contributed by atoms with Gasteiger partial charge in [0, 0.05) is 13.7 Å². The van der Waals surface area contributed by atoms with Gasteiger partial charge >= 0.3 is 0 Å². The number of carbonyl (C=O) groups excluding carboxylic acids is 2. The van der Waals surface area contributed by atoms with Crippen molar-refractivity contribution in [2.45, 2.75) is 19.1 Å². The van der Waals surface area contributed by atoms with E-state index in [1.165, 1.54) is 16.2 Å². The monoisotopic (exact) mass is 428 g/mol. The summed E-state index contributed by atoms with van der Waals surface area (Å²) in [7, 11) is 1.55. The van der Waals surface area contributed by atoms with E-state index in [2.05, 4.69) is 15.5 Å². The largest absolute Gasteiger partial charge is 0.478 e. The SMILES string of the molecule is COCCN(Cc1nnc(-c2cccs2)o1)C(=O)CC1Oc2ccccc2NC1=O. The molecule has 2 amide bonds. The van der Waals surface area contributed by atoms with Gasteiger partial charge in [0.1, 0.15) is 5.75 Å². The van der Waals surface area contributed by atoms with E-state index in [4.69, 9.17) is 13.9 Å². The molecule has 0 aliphatic carbocycles. The average molecular weight is 428 g/mol. The normalized spacial score (nSPS) is 15.2. The number of aromatic nitrogens is 2. The molecule has 0 radical (unpaired) electrons. The standard InChI is InChI=1S/C20H20N4O5S/c1-27-9-8-24(12-17-22-23-20(29-17)16-7-4-10-30-16)18(25)11-15-19(26)21-13-5-2-3-6-14(13)28-15/h2-7,10,15H,8-9,11-12H2,1H3,(H,21,26). The first-order valence-electron chi connectivity index (χ1n) is 9.33. The lowest BCUT2D eigenvalue weighted by molar-refractivity contribution is -0.138. The minimum absolute atomic E-state index is 0.115. The highest BCUT2D eigenvalue weighted by atomic mass is 32.1. The van der Waals surface area contributed by atoms with Crippen molar-refractivity contribution < 1.29 is 23.5 Å².